The van der Waals surface area contributed by atoms with Gasteiger partial charge in [-0.05, 0) is 24.6 Å². The van der Waals surface area contributed by atoms with Crippen molar-refractivity contribution in [3.8, 4) is 0 Å². The minimum absolute atomic E-state index is 0.0826. The average molecular weight is 255 g/mol. The van der Waals surface area contributed by atoms with Crippen molar-refractivity contribution in [1.82, 2.24) is 5.32 Å². The predicted molar refractivity (Wildman–Crippen MR) is 61.7 cm³/mol. The van der Waals surface area contributed by atoms with Crippen LogP contribution in [0.5, 0.6) is 0 Å². The van der Waals surface area contributed by atoms with Crippen LogP contribution in [-0.4, -0.2) is 34.7 Å². The van der Waals surface area contributed by atoms with E-state index in [1.807, 2.05) is 0 Å². The first-order chi connectivity index (χ1) is 8.45. The Balaban J connectivity index is 2.86. The summed E-state index contributed by atoms with van der Waals surface area (Å²) in [6, 6.07) is 2.51. The van der Waals surface area contributed by atoms with E-state index >= 15 is 0 Å². The second-order valence-corrected chi connectivity index (χ2v) is 3.84. The summed E-state index contributed by atoms with van der Waals surface area (Å²) in [4.78, 5) is 22.6. The number of aliphatic carboxylic acids is 1. The molecule has 6 heteroatoms. The molecule has 0 fully saturated rings. The van der Waals surface area contributed by atoms with Gasteiger partial charge in [-0.3, -0.25) is 4.79 Å². The summed E-state index contributed by atoms with van der Waals surface area (Å²) in [7, 11) is 0. The third-order valence-corrected chi connectivity index (χ3v) is 2.47. The van der Waals surface area contributed by atoms with Crippen LogP contribution in [0.3, 0.4) is 0 Å². The summed E-state index contributed by atoms with van der Waals surface area (Å²) in [6.07, 6.45) is -0.102. The molecule has 0 spiro atoms. The summed E-state index contributed by atoms with van der Waals surface area (Å²) in [6.45, 7) is 1.26. The molecule has 98 valence electrons. The Labute approximate surface area is 103 Å². The van der Waals surface area contributed by atoms with Gasteiger partial charge in [0.25, 0.3) is 5.91 Å². The molecule has 1 aromatic carbocycles. The Hall–Kier alpha value is -1.95. The van der Waals surface area contributed by atoms with E-state index in [9.17, 15) is 14.0 Å². The molecule has 1 aromatic rings. The number of carboxylic acid groups (broad SMARTS) is 1. The van der Waals surface area contributed by atoms with Crippen LogP contribution in [0.4, 0.5) is 4.39 Å². The van der Waals surface area contributed by atoms with Crippen LogP contribution >= 0.6 is 0 Å². The van der Waals surface area contributed by atoms with E-state index in [4.69, 9.17) is 10.2 Å². The maximum Gasteiger partial charge on any atom is 0.326 e. The van der Waals surface area contributed by atoms with Crippen LogP contribution in [-0.2, 0) is 4.79 Å². The Bertz CT molecular complexity index is 461. The highest BCUT2D eigenvalue weighted by Gasteiger charge is 2.21. The molecule has 0 aromatic heterocycles. The number of carbonyl (C=O) groups excluding carboxylic acids is 1. The monoisotopic (exact) mass is 255 g/mol. The summed E-state index contributed by atoms with van der Waals surface area (Å²) >= 11 is 0. The van der Waals surface area contributed by atoms with E-state index in [0.717, 1.165) is 6.07 Å². The number of rotatable bonds is 5. The summed E-state index contributed by atoms with van der Waals surface area (Å²) in [5.74, 6) is -2.49. The number of hydrogen-bond donors (Lipinski definition) is 3. The zero-order chi connectivity index (χ0) is 13.7. The predicted octanol–water partition coefficient (Wildman–Crippen LogP) is 0.700. The zero-order valence-electron chi connectivity index (χ0n) is 9.81. The van der Waals surface area contributed by atoms with Crippen molar-refractivity contribution in [1.29, 1.82) is 0 Å². The number of nitrogens with one attached hydrogen (secondary N) is 1. The SMILES string of the molecule is Cc1ccc(F)cc1C(=O)N[C@H](CCO)C(=O)O. The molecule has 18 heavy (non-hydrogen) atoms. The highest BCUT2D eigenvalue weighted by molar-refractivity contribution is 5.97. The topological polar surface area (TPSA) is 86.6 Å². The second kappa shape index (κ2) is 6.11. The van der Waals surface area contributed by atoms with Gasteiger partial charge in [0.05, 0.1) is 0 Å². The largest absolute Gasteiger partial charge is 0.480 e. The maximum atomic E-state index is 13.0. The first-order valence-electron chi connectivity index (χ1n) is 5.36. The van der Waals surface area contributed by atoms with Crippen molar-refractivity contribution in [2.75, 3.05) is 6.61 Å². The van der Waals surface area contributed by atoms with Crippen LogP contribution in [0.1, 0.15) is 22.3 Å². The maximum absolute atomic E-state index is 13.0. The molecule has 0 radical (unpaired) electrons. The van der Waals surface area contributed by atoms with Crippen molar-refractivity contribution in [3.63, 3.8) is 0 Å². The Kier molecular flexibility index (Phi) is 4.79. The molecular weight excluding hydrogens is 241 g/mol. The van der Waals surface area contributed by atoms with Crippen molar-refractivity contribution in [2.45, 2.75) is 19.4 Å². The molecule has 3 N–H and O–H groups in total. The Morgan fingerprint density at radius 3 is 2.67 bits per heavy atom. The van der Waals surface area contributed by atoms with Crippen LogP contribution in [0, 0.1) is 12.7 Å². The zero-order valence-corrected chi connectivity index (χ0v) is 9.81. The molecule has 0 aliphatic rings. The number of aryl methyl sites for hydroxylation is 1. The van der Waals surface area contributed by atoms with Crippen molar-refractivity contribution in [3.05, 3.63) is 35.1 Å². The van der Waals surface area contributed by atoms with Crippen molar-refractivity contribution < 1.29 is 24.2 Å². The van der Waals surface area contributed by atoms with E-state index in [-0.39, 0.29) is 18.6 Å². The van der Waals surface area contributed by atoms with E-state index < -0.39 is 23.7 Å². The molecular formula is C12H14FNO4. The minimum Gasteiger partial charge on any atom is -0.480 e. The van der Waals surface area contributed by atoms with Crippen molar-refractivity contribution in [2.24, 2.45) is 0 Å². The van der Waals surface area contributed by atoms with Gasteiger partial charge in [-0.15, -0.1) is 0 Å². The molecule has 0 aliphatic carbocycles. The highest BCUT2D eigenvalue weighted by Crippen LogP contribution is 2.10. The van der Waals surface area contributed by atoms with E-state index in [1.54, 1.807) is 6.92 Å². The number of carboxylic acids is 1. The minimum atomic E-state index is -1.24. The van der Waals surface area contributed by atoms with Crippen molar-refractivity contribution >= 4 is 11.9 Å². The third-order valence-electron chi connectivity index (χ3n) is 2.47. The first-order valence-corrected chi connectivity index (χ1v) is 5.36. The molecule has 0 unspecified atom stereocenters. The lowest BCUT2D eigenvalue weighted by Crippen LogP contribution is -2.41. The van der Waals surface area contributed by atoms with Crippen LogP contribution in [0.2, 0.25) is 0 Å². The van der Waals surface area contributed by atoms with E-state index in [1.165, 1.54) is 12.1 Å². The number of aliphatic hydroxyl groups excluding tert-OH is 1. The van der Waals surface area contributed by atoms with Gasteiger partial charge < -0.3 is 15.5 Å². The second-order valence-electron chi connectivity index (χ2n) is 3.84. The number of carbonyl (C=O) groups is 2. The lowest BCUT2D eigenvalue weighted by molar-refractivity contribution is -0.139. The first kappa shape index (κ1) is 14.1. The smallest absolute Gasteiger partial charge is 0.326 e. The Morgan fingerprint density at radius 2 is 2.11 bits per heavy atom. The highest BCUT2D eigenvalue weighted by atomic mass is 19.1. The number of benzene rings is 1. The molecule has 1 rings (SSSR count). The number of amides is 1. The lowest BCUT2D eigenvalue weighted by atomic mass is 10.1. The number of aliphatic hydroxyl groups is 1. The summed E-state index contributed by atoms with van der Waals surface area (Å²) in [5.41, 5.74) is 0.626. The van der Waals surface area contributed by atoms with Gasteiger partial charge in [0.2, 0.25) is 0 Å². The van der Waals surface area contributed by atoms with Crippen LogP contribution < -0.4 is 5.32 Å². The van der Waals surface area contributed by atoms with Crippen LogP contribution in [0.15, 0.2) is 18.2 Å². The standard InChI is InChI=1S/C12H14FNO4/c1-7-2-3-8(13)6-9(7)11(16)14-10(4-5-15)12(17)18/h2-3,6,10,15H,4-5H2,1H3,(H,14,16)(H,17,18)/t10-/m1/s1. The fourth-order valence-electron chi connectivity index (χ4n) is 1.46. The van der Waals surface area contributed by atoms with Gasteiger partial charge in [0, 0.05) is 18.6 Å². The Morgan fingerprint density at radius 1 is 1.44 bits per heavy atom. The molecule has 1 amide bonds. The fraction of sp³-hybridized carbons (Fsp3) is 0.333. The quantitative estimate of drug-likeness (QED) is 0.722. The third kappa shape index (κ3) is 3.53. The molecule has 5 nitrogen and oxygen atoms in total. The van der Waals surface area contributed by atoms with Gasteiger partial charge in [-0.2, -0.15) is 0 Å². The van der Waals surface area contributed by atoms with Gasteiger partial charge >= 0.3 is 5.97 Å². The molecule has 0 saturated carbocycles. The summed E-state index contributed by atoms with van der Waals surface area (Å²) in [5, 5.41) is 19.8. The normalized spacial score (nSPS) is 11.9. The van der Waals surface area contributed by atoms with Gasteiger partial charge in [-0.25, -0.2) is 9.18 Å². The average Bonchev–Trinajstić information content (AvgIpc) is 2.31. The van der Waals surface area contributed by atoms with E-state index in [2.05, 4.69) is 5.32 Å². The lowest BCUT2D eigenvalue weighted by Gasteiger charge is -2.14. The molecule has 0 saturated heterocycles. The van der Waals surface area contributed by atoms with Gasteiger partial charge in [0.1, 0.15) is 11.9 Å². The molecule has 0 heterocycles. The molecule has 0 aliphatic heterocycles. The molecule has 0 bridgehead atoms. The fourth-order valence-corrected chi connectivity index (χ4v) is 1.46. The molecule has 1 atom stereocenters. The van der Waals surface area contributed by atoms with Gasteiger partial charge in [0.15, 0.2) is 0 Å². The van der Waals surface area contributed by atoms with E-state index in [0.29, 0.717) is 5.56 Å². The number of halogens is 1. The number of hydrogen-bond acceptors (Lipinski definition) is 3. The van der Waals surface area contributed by atoms with Gasteiger partial charge in [-0.1, -0.05) is 6.07 Å². The summed E-state index contributed by atoms with van der Waals surface area (Å²) < 4.78 is 13.0. The van der Waals surface area contributed by atoms with Crippen LogP contribution in [0.25, 0.3) is 0 Å².